The molecule has 0 saturated carbocycles. The zero-order valence-corrected chi connectivity index (χ0v) is 19.6. The Morgan fingerprint density at radius 2 is 0.767 bits per heavy atom. The lowest BCUT2D eigenvalue weighted by atomic mass is 10.0. The van der Waals surface area contributed by atoms with Gasteiger partial charge < -0.3 is 0 Å². The van der Waals surface area contributed by atoms with E-state index in [9.17, 15) is 0 Å². The maximum absolute atomic E-state index is 2.29. The Kier molecular flexibility index (Phi) is 7.32. The molecule has 2 aliphatic carbocycles. The Morgan fingerprint density at radius 1 is 0.433 bits per heavy atom. The summed E-state index contributed by atoms with van der Waals surface area (Å²) < 4.78 is 0. The molecule has 30 heavy (non-hydrogen) atoms. The van der Waals surface area contributed by atoms with Crippen LogP contribution in [0.25, 0.3) is 21.5 Å². The molecule has 6 rings (SSSR count). The molecule has 4 aromatic carbocycles. The summed E-state index contributed by atoms with van der Waals surface area (Å²) in [4.78, 5) is 0. The van der Waals surface area contributed by atoms with Gasteiger partial charge in [0.25, 0.3) is 0 Å². The normalized spacial score (nSPS) is 12.5. The maximum Gasteiger partial charge on any atom is -0.0117 e. The fourth-order valence-corrected chi connectivity index (χ4v) is 4.79. The monoisotopic (exact) mass is 396 g/mol. The minimum Gasteiger partial charge on any atom is -0.0683 e. The van der Waals surface area contributed by atoms with Crippen molar-refractivity contribution in [3.05, 3.63) is 94.0 Å². The van der Waals surface area contributed by atoms with Gasteiger partial charge in [-0.3, -0.25) is 0 Å². The summed E-state index contributed by atoms with van der Waals surface area (Å²) in [6.45, 7) is 12.4. The lowest BCUT2D eigenvalue weighted by molar-refractivity contribution is 1.02. The van der Waals surface area contributed by atoms with Gasteiger partial charge in [0.05, 0.1) is 0 Å². The molecule has 0 heterocycles. The molecular weight excluding hydrogens is 360 g/mol. The van der Waals surface area contributed by atoms with Gasteiger partial charge in [-0.1, -0.05) is 88.4 Å². The number of hydrogen-bond acceptors (Lipinski definition) is 0. The first-order chi connectivity index (χ1) is 14.7. The van der Waals surface area contributed by atoms with Gasteiger partial charge in [0.1, 0.15) is 0 Å². The van der Waals surface area contributed by atoms with Crippen LogP contribution in [0.5, 0.6) is 0 Å². The molecule has 2 aliphatic rings. The third kappa shape index (κ3) is 4.01. The van der Waals surface area contributed by atoms with E-state index in [-0.39, 0.29) is 0 Å². The molecule has 0 N–H and O–H groups in total. The van der Waals surface area contributed by atoms with E-state index in [1.165, 1.54) is 80.6 Å². The molecule has 0 amide bonds. The number of hydrogen-bond donors (Lipinski definition) is 0. The molecule has 0 unspecified atom stereocenters. The van der Waals surface area contributed by atoms with Crippen LogP contribution in [0.2, 0.25) is 0 Å². The molecule has 0 saturated heterocycles. The summed E-state index contributed by atoms with van der Waals surface area (Å²) >= 11 is 0. The van der Waals surface area contributed by atoms with Crippen LogP contribution in [-0.2, 0) is 25.7 Å². The van der Waals surface area contributed by atoms with E-state index in [2.05, 4.69) is 74.5 Å². The van der Waals surface area contributed by atoms with Crippen molar-refractivity contribution in [2.45, 2.75) is 67.2 Å². The molecule has 156 valence electrons. The fraction of sp³-hybridized carbons (Fsp3) is 0.333. The van der Waals surface area contributed by atoms with Gasteiger partial charge in [-0.05, 0) is 94.5 Å². The predicted molar refractivity (Wildman–Crippen MR) is 135 cm³/mol. The van der Waals surface area contributed by atoms with Crippen molar-refractivity contribution in [2.75, 3.05) is 0 Å². The third-order valence-electron chi connectivity index (χ3n) is 6.19. The lowest BCUT2D eigenvalue weighted by Crippen LogP contribution is -1.81. The van der Waals surface area contributed by atoms with E-state index in [1.807, 2.05) is 27.7 Å². The van der Waals surface area contributed by atoms with E-state index in [0.717, 1.165) is 0 Å². The van der Waals surface area contributed by atoms with Crippen LogP contribution in [0.4, 0.5) is 0 Å². The van der Waals surface area contributed by atoms with E-state index in [4.69, 9.17) is 0 Å². The van der Waals surface area contributed by atoms with Crippen molar-refractivity contribution in [2.24, 2.45) is 0 Å². The van der Waals surface area contributed by atoms with Crippen LogP contribution in [0.15, 0.2) is 60.7 Å². The first-order valence-electron chi connectivity index (χ1n) is 11.7. The van der Waals surface area contributed by atoms with Crippen molar-refractivity contribution in [3.63, 3.8) is 0 Å². The third-order valence-corrected chi connectivity index (χ3v) is 6.19. The second kappa shape index (κ2) is 9.94. The molecule has 0 bridgehead atoms. The van der Waals surface area contributed by atoms with E-state index in [1.54, 1.807) is 0 Å². The average Bonchev–Trinajstić information content (AvgIpc) is 3.43. The van der Waals surface area contributed by atoms with Gasteiger partial charge in [0.15, 0.2) is 0 Å². The smallest absolute Gasteiger partial charge is 0.0117 e. The summed E-state index contributed by atoms with van der Waals surface area (Å²) in [7, 11) is 0. The Bertz CT molecular complexity index is 1030. The molecule has 0 nitrogen and oxygen atoms in total. The van der Waals surface area contributed by atoms with E-state index < -0.39 is 0 Å². The van der Waals surface area contributed by atoms with Crippen LogP contribution in [-0.4, -0.2) is 0 Å². The molecule has 4 aromatic rings. The Balaban J connectivity index is 0.000000147. The van der Waals surface area contributed by atoms with Crippen LogP contribution in [0.3, 0.4) is 0 Å². The predicted octanol–water partition coefficient (Wildman–Crippen LogP) is 8.55. The van der Waals surface area contributed by atoms with Crippen molar-refractivity contribution in [3.8, 4) is 0 Å². The van der Waals surface area contributed by atoms with Crippen LogP contribution in [0, 0.1) is 13.8 Å². The van der Waals surface area contributed by atoms with Crippen molar-refractivity contribution in [1.29, 1.82) is 0 Å². The summed E-state index contributed by atoms with van der Waals surface area (Å²) in [6, 6.07) is 22.4. The molecule has 0 spiro atoms. The minimum atomic E-state index is 1.23. The van der Waals surface area contributed by atoms with Crippen LogP contribution < -0.4 is 0 Å². The molecule has 0 aromatic heterocycles. The van der Waals surface area contributed by atoms with Gasteiger partial charge in [-0.2, -0.15) is 0 Å². The highest BCUT2D eigenvalue weighted by atomic mass is 14.2. The van der Waals surface area contributed by atoms with E-state index >= 15 is 0 Å². The molecule has 0 atom stereocenters. The van der Waals surface area contributed by atoms with Crippen LogP contribution in [0.1, 0.15) is 61.1 Å². The zero-order valence-electron chi connectivity index (χ0n) is 19.6. The topological polar surface area (TPSA) is 0 Å². The summed E-state index contributed by atoms with van der Waals surface area (Å²) in [5.41, 5.74) is 8.96. The van der Waals surface area contributed by atoms with Crippen LogP contribution >= 0.6 is 0 Å². The van der Waals surface area contributed by atoms with Gasteiger partial charge in [-0.25, -0.2) is 0 Å². The lowest BCUT2D eigenvalue weighted by Gasteiger charge is -2.04. The summed E-state index contributed by atoms with van der Waals surface area (Å²) in [5.74, 6) is 0. The number of benzene rings is 4. The highest BCUT2D eigenvalue weighted by molar-refractivity contribution is 5.93. The minimum absolute atomic E-state index is 1.23. The molecule has 0 radical (unpaired) electrons. The first kappa shape index (κ1) is 22.1. The maximum atomic E-state index is 2.29. The average molecular weight is 397 g/mol. The van der Waals surface area contributed by atoms with Gasteiger partial charge in [0.2, 0.25) is 0 Å². The molecule has 0 heteroatoms. The quantitative estimate of drug-likeness (QED) is 0.279. The Labute approximate surface area is 183 Å². The summed E-state index contributed by atoms with van der Waals surface area (Å²) in [5, 5.41) is 5.96. The zero-order chi connectivity index (χ0) is 21.7. The highest BCUT2D eigenvalue weighted by Gasteiger charge is 2.14. The highest BCUT2D eigenvalue weighted by Crippen LogP contribution is 2.33. The Hall–Kier alpha value is -2.60. The second-order valence-corrected chi connectivity index (χ2v) is 7.76. The Morgan fingerprint density at radius 3 is 1.13 bits per heavy atom. The van der Waals surface area contributed by atoms with Crippen molar-refractivity contribution in [1.82, 2.24) is 0 Å². The molecule has 0 fully saturated rings. The van der Waals surface area contributed by atoms with Crippen molar-refractivity contribution < 1.29 is 0 Å². The van der Waals surface area contributed by atoms with Gasteiger partial charge in [0, 0.05) is 0 Å². The van der Waals surface area contributed by atoms with Gasteiger partial charge >= 0.3 is 0 Å². The number of aryl methyl sites for hydroxylation is 6. The first-order valence-corrected chi connectivity index (χ1v) is 11.7. The molecular formula is C30H36. The second-order valence-electron chi connectivity index (χ2n) is 7.76. The summed E-state index contributed by atoms with van der Waals surface area (Å²) in [6.07, 6.45) is 4.93. The standard InChI is InChI=1S/2C13H12.2C2H6/c2*1-9-5-6-11-8-7-10-3-2-4-12(9)13(10)11;2*1-2/h2*2-6H,7-8H2,1H3;2*1-2H3. The van der Waals surface area contributed by atoms with Gasteiger partial charge in [-0.15, -0.1) is 0 Å². The largest absolute Gasteiger partial charge is 0.0683 e. The van der Waals surface area contributed by atoms with Crippen molar-refractivity contribution >= 4 is 21.5 Å². The number of rotatable bonds is 0. The molecule has 0 aliphatic heterocycles. The fourth-order valence-electron chi connectivity index (χ4n) is 4.79. The van der Waals surface area contributed by atoms with E-state index in [0.29, 0.717) is 0 Å². The SMILES string of the molecule is CC.CC.Cc1ccc2c3c(cccc13)CC2.Cc1ccc2c3c(cccc13)CC2.